The Morgan fingerprint density at radius 1 is 1.19 bits per heavy atom. The van der Waals surface area contributed by atoms with Gasteiger partial charge in [-0.3, -0.25) is 4.99 Å². The minimum Gasteiger partial charge on any atom is -0.497 e. The van der Waals surface area contributed by atoms with E-state index in [4.69, 9.17) is 4.74 Å². The smallest absolute Gasteiger partial charge is 0.119 e. The summed E-state index contributed by atoms with van der Waals surface area (Å²) in [6.07, 6.45) is 1.89. The van der Waals surface area contributed by atoms with Gasteiger partial charge < -0.3 is 9.72 Å². The van der Waals surface area contributed by atoms with Crippen LogP contribution in [0.2, 0.25) is 0 Å². The van der Waals surface area contributed by atoms with Gasteiger partial charge in [-0.25, -0.2) is 0 Å². The van der Waals surface area contributed by atoms with Crippen molar-refractivity contribution in [1.29, 1.82) is 0 Å². The van der Waals surface area contributed by atoms with Crippen LogP contribution in [-0.4, -0.2) is 17.8 Å². The number of H-pyrrole nitrogens is 1. The van der Waals surface area contributed by atoms with Gasteiger partial charge in [-0.05, 0) is 43.3 Å². The van der Waals surface area contributed by atoms with Crippen LogP contribution in [0.1, 0.15) is 12.6 Å². The third kappa shape index (κ3) is 2.31. The number of rotatable bonds is 3. The summed E-state index contributed by atoms with van der Waals surface area (Å²) < 4.78 is 5.09. The number of hydrogen-bond donors (Lipinski definition) is 1. The number of ether oxygens (including phenoxy) is 1. The summed E-state index contributed by atoms with van der Waals surface area (Å²) in [6.45, 7) is 1.98. The van der Waals surface area contributed by atoms with E-state index in [0.29, 0.717) is 0 Å². The van der Waals surface area contributed by atoms with Gasteiger partial charge in [0.05, 0.1) is 24.2 Å². The Hall–Kier alpha value is -2.03. The summed E-state index contributed by atoms with van der Waals surface area (Å²) in [5.74, 6) is 0.844. The summed E-state index contributed by atoms with van der Waals surface area (Å²) in [5, 5.41) is 0. The molecule has 0 bridgehead atoms. The van der Waals surface area contributed by atoms with Gasteiger partial charge in [0, 0.05) is 6.20 Å². The molecule has 1 aromatic heterocycles. The van der Waals surface area contributed by atoms with Gasteiger partial charge in [0.2, 0.25) is 0 Å². The zero-order valence-corrected chi connectivity index (χ0v) is 9.40. The van der Waals surface area contributed by atoms with Crippen LogP contribution >= 0.6 is 0 Å². The van der Waals surface area contributed by atoms with Crippen molar-refractivity contribution < 1.29 is 4.74 Å². The van der Waals surface area contributed by atoms with Gasteiger partial charge >= 0.3 is 0 Å². The first kappa shape index (κ1) is 10.5. The number of nitrogens with zero attached hydrogens (tertiary/aromatic N) is 1. The second kappa shape index (κ2) is 4.66. The van der Waals surface area contributed by atoms with Crippen molar-refractivity contribution in [2.24, 2.45) is 4.99 Å². The molecule has 3 heteroatoms. The van der Waals surface area contributed by atoms with E-state index < -0.39 is 0 Å². The summed E-state index contributed by atoms with van der Waals surface area (Å²) in [7, 11) is 1.66. The molecular weight excluding hydrogens is 200 g/mol. The Morgan fingerprint density at radius 2 is 1.94 bits per heavy atom. The molecule has 0 spiro atoms. The first-order valence-electron chi connectivity index (χ1n) is 5.12. The number of nitrogens with one attached hydrogen (secondary N) is 1. The Kier molecular flexibility index (Phi) is 3.05. The van der Waals surface area contributed by atoms with Crippen molar-refractivity contribution >= 4 is 11.4 Å². The van der Waals surface area contributed by atoms with E-state index >= 15 is 0 Å². The quantitative estimate of drug-likeness (QED) is 0.783. The predicted octanol–water partition coefficient (Wildman–Crippen LogP) is 3.16. The lowest BCUT2D eigenvalue weighted by molar-refractivity contribution is 0.415. The predicted molar refractivity (Wildman–Crippen MR) is 65.7 cm³/mol. The molecule has 2 aromatic rings. The fourth-order valence-corrected chi connectivity index (χ4v) is 1.47. The molecular formula is C13H14N2O. The molecule has 0 fully saturated rings. The van der Waals surface area contributed by atoms with Crippen LogP contribution in [0.5, 0.6) is 5.75 Å². The molecule has 1 aromatic carbocycles. The fourth-order valence-electron chi connectivity index (χ4n) is 1.47. The zero-order chi connectivity index (χ0) is 11.4. The monoisotopic (exact) mass is 214 g/mol. The summed E-state index contributed by atoms with van der Waals surface area (Å²) in [6, 6.07) is 11.6. The third-order valence-electron chi connectivity index (χ3n) is 2.36. The lowest BCUT2D eigenvalue weighted by Crippen LogP contribution is -1.93. The Balaban J connectivity index is 2.22. The number of methoxy groups -OCH3 is 1. The Morgan fingerprint density at radius 3 is 2.50 bits per heavy atom. The van der Waals surface area contributed by atoms with Gasteiger partial charge in [0.1, 0.15) is 5.75 Å². The maximum Gasteiger partial charge on any atom is 0.119 e. The molecule has 0 aliphatic heterocycles. The van der Waals surface area contributed by atoms with Crippen molar-refractivity contribution in [3.63, 3.8) is 0 Å². The van der Waals surface area contributed by atoms with Crippen LogP contribution in [0.3, 0.4) is 0 Å². The molecule has 1 heterocycles. The first-order chi connectivity index (χ1) is 7.79. The van der Waals surface area contributed by atoms with E-state index in [0.717, 1.165) is 22.8 Å². The summed E-state index contributed by atoms with van der Waals surface area (Å²) in [5.41, 5.74) is 2.93. The largest absolute Gasteiger partial charge is 0.497 e. The molecule has 82 valence electrons. The molecule has 0 amide bonds. The van der Waals surface area contributed by atoms with Gasteiger partial charge in [-0.2, -0.15) is 0 Å². The highest BCUT2D eigenvalue weighted by molar-refractivity contribution is 5.98. The average Bonchev–Trinajstić information content (AvgIpc) is 2.83. The van der Waals surface area contributed by atoms with Crippen molar-refractivity contribution in [3.05, 3.63) is 48.3 Å². The summed E-state index contributed by atoms with van der Waals surface area (Å²) >= 11 is 0. The van der Waals surface area contributed by atoms with Crippen LogP contribution < -0.4 is 4.74 Å². The van der Waals surface area contributed by atoms with E-state index in [-0.39, 0.29) is 0 Å². The van der Waals surface area contributed by atoms with Crippen LogP contribution in [0, 0.1) is 0 Å². The van der Waals surface area contributed by atoms with Crippen molar-refractivity contribution in [3.8, 4) is 5.75 Å². The molecule has 16 heavy (non-hydrogen) atoms. The Bertz CT molecular complexity index is 469. The van der Waals surface area contributed by atoms with Crippen LogP contribution in [0.15, 0.2) is 47.6 Å². The maximum atomic E-state index is 5.09. The molecule has 1 N–H and O–H groups in total. The molecule has 0 atom stereocenters. The minimum absolute atomic E-state index is 0.844. The lowest BCUT2D eigenvalue weighted by Gasteiger charge is -2.00. The van der Waals surface area contributed by atoms with E-state index in [2.05, 4.69) is 9.98 Å². The zero-order valence-electron chi connectivity index (χ0n) is 9.40. The number of aromatic amines is 1. The van der Waals surface area contributed by atoms with Gasteiger partial charge in [-0.15, -0.1) is 0 Å². The van der Waals surface area contributed by atoms with Crippen LogP contribution in [0.4, 0.5) is 5.69 Å². The highest BCUT2D eigenvalue weighted by Crippen LogP contribution is 2.18. The van der Waals surface area contributed by atoms with Crippen LogP contribution in [0.25, 0.3) is 0 Å². The van der Waals surface area contributed by atoms with Crippen molar-refractivity contribution in [1.82, 2.24) is 4.98 Å². The number of aliphatic imine (C=N–C) groups is 1. The van der Waals surface area contributed by atoms with Gasteiger partial charge in [0.25, 0.3) is 0 Å². The minimum atomic E-state index is 0.844. The van der Waals surface area contributed by atoms with Crippen molar-refractivity contribution in [2.45, 2.75) is 6.92 Å². The molecule has 0 aliphatic carbocycles. The highest BCUT2D eigenvalue weighted by Gasteiger charge is 1.98. The topological polar surface area (TPSA) is 37.4 Å². The SMILES string of the molecule is COc1ccc(N=C(C)c2ccc[nH]2)cc1. The number of aromatic nitrogens is 1. The maximum absolute atomic E-state index is 5.09. The second-order valence-electron chi connectivity index (χ2n) is 3.48. The Labute approximate surface area is 94.8 Å². The second-order valence-corrected chi connectivity index (χ2v) is 3.48. The normalized spacial score (nSPS) is 11.5. The number of hydrogen-bond acceptors (Lipinski definition) is 2. The lowest BCUT2D eigenvalue weighted by atomic mass is 10.2. The molecule has 0 saturated carbocycles. The molecule has 0 saturated heterocycles. The fraction of sp³-hybridized carbons (Fsp3) is 0.154. The molecule has 0 unspecified atom stereocenters. The van der Waals surface area contributed by atoms with E-state index in [1.165, 1.54) is 0 Å². The van der Waals surface area contributed by atoms with E-state index in [1.54, 1.807) is 7.11 Å². The van der Waals surface area contributed by atoms with Gasteiger partial charge in [0.15, 0.2) is 0 Å². The van der Waals surface area contributed by atoms with Crippen molar-refractivity contribution in [2.75, 3.05) is 7.11 Å². The first-order valence-corrected chi connectivity index (χ1v) is 5.12. The van der Waals surface area contributed by atoms with E-state index in [9.17, 15) is 0 Å². The molecule has 3 nitrogen and oxygen atoms in total. The summed E-state index contributed by atoms with van der Waals surface area (Å²) in [4.78, 5) is 7.63. The average molecular weight is 214 g/mol. The third-order valence-corrected chi connectivity index (χ3v) is 2.36. The molecule has 2 rings (SSSR count). The highest BCUT2D eigenvalue weighted by atomic mass is 16.5. The molecule has 0 aliphatic rings. The number of benzene rings is 1. The standard InChI is InChI=1S/C13H14N2O/c1-10(13-4-3-9-14-13)15-11-5-7-12(16-2)8-6-11/h3-9,14H,1-2H3. The van der Waals surface area contributed by atoms with Crippen LogP contribution in [-0.2, 0) is 0 Å². The molecule has 0 radical (unpaired) electrons. The van der Waals surface area contributed by atoms with Gasteiger partial charge in [-0.1, -0.05) is 0 Å². The van der Waals surface area contributed by atoms with E-state index in [1.807, 2.05) is 49.5 Å².